The van der Waals surface area contributed by atoms with Gasteiger partial charge in [-0.15, -0.1) is 0 Å². The SMILES string of the molecule is COc1cc(OCC(=O)N2CCN(Cc3ccc(F)cc3)CC2)cc(OC)c1Br. The van der Waals surface area contributed by atoms with Crippen molar-refractivity contribution in [2.45, 2.75) is 6.54 Å². The van der Waals surface area contributed by atoms with E-state index in [-0.39, 0.29) is 18.3 Å². The monoisotopic (exact) mass is 466 g/mol. The minimum atomic E-state index is -0.231. The molecule has 2 aromatic rings. The number of benzene rings is 2. The van der Waals surface area contributed by atoms with Crippen LogP contribution in [0.5, 0.6) is 17.2 Å². The molecular formula is C21H24BrFN2O4. The summed E-state index contributed by atoms with van der Waals surface area (Å²) in [6, 6.07) is 9.95. The molecular weight excluding hydrogens is 443 g/mol. The predicted molar refractivity (Wildman–Crippen MR) is 111 cm³/mol. The lowest BCUT2D eigenvalue weighted by Crippen LogP contribution is -2.49. The topological polar surface area (TPSA) is 51.2 Å². The van der Waals surface area contributed by atoms with Crippen LogP contribution in [0.1, 0.15) is 5.56 Å². The number of carbonyl (C=O) groups excluding carboxylic acids is 1. The van der Waals surface area contributed by atoms with E-state index in [4.69, 9.17) is 14.2 Å². The maximum atomic E-state index is 13.0. The Kier molecular flexibility index (Phi) is 7.33. The molecule has 1 amide bonds. The molecule has 1 heterocycles. The first kappa shape index (κ1) is 21.4. The van der Waals surface area contributed by atoms with Gasteiger partial charge in [-0.1, -0.05) is 12.1 Å². The van der Waals surface area contributed by atoms with Crippen molar-refractivity contribution >= 4 is 21.8 Å². The third-order valence-electron chi connectivity index (χ3n) is 4.83. The summed E-state index contributed by atoms with van der Waals surface area (Å²) in [7, 11) is 3.11. The van der Waals surface area contributed by atoms with Crippen molar-refractivity contribution in [1.29, 1.82) is 0 Å². The van der Waals surface area contributed by atoms with Gasteiger partial charge in [-0.05, 0) is 33.6 Å². The van der Waals surface area contributed by atoms with E-state index < -0.39 is 0 Å². The van der Waals surface area contributed by atoms with Crippen LogP contribution in [0.15, 0.2) is 40.9 Å². The van der Waals surface area contributed by atoms with Gasteiger partial charge in [-0.2, -0.15) is 0 Å². The Morgan fingerprint density at radius 2 is 1.62 bits per heavy atom. The molecule has 0 aliphatic carbocycles. The van der Waals surface area contributed by atoms with Crippen LogP contribution in [0.3, 0.4) is 0 Å². The maximum absolute atomic E-state index is 13.0. The molecule has 2 aromatic carbocycles. The molecule has 0 saturated carbocycles. The van der Waals surface area contributed by atoms with E-state index in [9.17, 15) is 9.18 Å². The molecule has 156 valence electrons. The molecule has 0 N–H and O–H groups in total. The van der Waals surface area contributed by atoms with Gasteiger partial charge in [0, 0.05) is 44.9 Å². The lowest BCUT2D eigenvalue weighted by molar-refractivity contribution is -0.135. The zero-order valence-corrected chi connectivity index (χ0v) is 18.1. The maximum Gasteiger partial charge on any atom is 0.260 e. The fraction of sp³-hybridized carbons (Fsp3) is 0.381. The van der Waals surface area contributed by atoms with Crippen LogP contribution >= 0.6 is 15.9 Å². The second-order valence-corrected chi connectivity index (χ2v) is 7.51. The van der Waals surface area contributed by atoms with Gasteiger partial charge in [0.2, 0.25) is 0 Å². The Hall–Kier alpha value is -2.32. The predicted octanol–water partition coefficient (Wildman–Crippen LogP) is 3.33. The number of amides is 1. The molecule has 1 aliphatic heterocycles. The average molecular weight is 467 g/mol. The molecule has 0 atom stereocenters. The van der Waals surface area contributed by atoms with Crippen LogP contribution in [0, 0.1) is 5.82 Å². The number of hydrogen-bond donors (Lipinski definition) is 0. The Bertz CT molecular complexity index is 814. The lowest BCUT2D eigenvalue weighted by Gasteiger charge is -2.34. The van der Waals surface area contributed by atoms with Crippen molar-refractivity contribution in [3.8, 4) is 17.2 Å². The zero-order chi connectivity index (χ0) is 20.8. The van der Waals surface area contributed by atoms with Gasteiger partial charge >= 0.3 is 0 Å². The second kappa shape index (κ2) is 9.93. The molecule has 8 heteroatoms. The van der Waals surface area contributed by atoms with E-state index in [1.54, 1.807) is 43.4 Å². The van der Waals surface area contributed by atoms with Crippen molar-refractivity contribution in [3.63, 3.8) is 0 Å². The molecule has 1 fully saturated rings. The first-order chi connectivity index (χ1) is 14.0. The summed E-state index contributed by atoms with van der Waals surface area (Å²) in [5, 5.41) is 0. The van der Waals surface area contributed by atoms with Gasteiger partial charge in [0.25, 0.3) is 5.91 Å². The summed E-state index contributed by atoms with van der Waals surface area (Å²) in [4.78, 5) is 16.6. The number of hydrogen-bond acceptors (Lipinski definition) is 5. The van der Waals surface area contributed by atoms with E-state index in [1.165, 1.54) is 12.1 Å². The molecule has 0 spiro atoms. The third-order valence-corrected chi connectivity index (χ3v) is 5.61. The molecule has 29 heavy (non-hydrogen) atoms. The Labute approximate surface area is 178 Å². The van der Waals surface area contributed by atoms with Gasteiger partial charge in [0.15, 0.2) is 6.61 Å². The van der Waals surface area contributed by atoms with Crippen LogP contribution in [-0.4, -0.2) is 62.7 Å². The fourth-order valence-corrected chi connectivity index (χ4v) is 3.72. The highest BCUT2D eigenvalue weighted by Gasteiger charge is 2.22. The lowest BCUT2D eigenvalue weighted by atomic mass is 10.2. The van der Waals surface area contributed by atoms with Crippen molar-refractivity contribution < 1.29 is 23.4 Å². The minimum Gasteiger partial charge on any atom is -0.495 e. The van der Waals surface area contributed by atoms with Gasteiger partial charge in [-0.3, -0.25) is 9.69 Å². The van der Waals surface area contributed by atoms with Gasteiger partial charge in [0.1, 0.15) is 27.5 Å². The molecule has 0 radical (unpaired) electrons. The highest BCUT2D eigenvalue weighted by atomic mass is 79.9. The average Bonchev–Trinajstić information content (AvgIpc) is 2.75. The summed E-state index contributed by atoms with van der Waals surface area (Å²) in [5.74, 6) is 1.35. The standard InChI is InChI=1S/C21H24BrFN2O4/c1-27-18-11-17(12-19(28-2)21(18)22)29-14-20(26)25-9-7-24(8-10-25)13-15-3-5-16(23)6-4-15/h3-6,11-12H,7-10,13-14H2,1-2H3. The molecule has 6 nitrogen and oxygen atoms in total. The number of methoxy groups -OCH3 is 2. The minimum absolute atomic E-state index is 0.0497. The van der Waals surface area contributed by atoms with Crippen LogP contribution < -0.4 is 14.2 Å². The zero-order valence-electron chi connectivity index (χ0n) is 16.5. The van der Waals surface area contributed by atoms with Crippen LogP contribution in [-0.2, 0) is 11.3 Å². The fourth-order valence-electron chi connectivity index (χ4n) is 3.17. The molecule has 3 rings (SSSR count). The van der Waals surface area contributed by atoms with Crippen molar-refractivity contribution in [2.24, 2.45) is 0 Å². The summed E-state index contributed by atoms with van der Waals surface area (Å²) < 4.78 is 30.0. The number of ether oxygens (including phenoxy) is 3. The van der Waals surface area contributed by atoms with Crippen LogP contribution in [0.2, 0.25) is 0 Å². The number of carbonyl (C=O) groups is 1. The molecule has 1 saturated heterocycles. The highest BCUT2D eigenvalue weighted by Crippen LogP contribution is 2.38. The van der Waals surface area contributed by atoms with E-state index in [0.29, 0.717) is 34.8 Å². The number of rotatable bonds is 7. The number of nitrogens with zero attached hydrogens (tertiary/aromatic N) is 2. The Morgan fingerprint density at radius 3 is 2.17 bits per heavy atom. The van der Waals surface area contributed by atoms with Gasteiger partial charge < -0.3 is 19.1 Å². The first-order valence-electron chi connectivity index (χ1n) is 9.29. The highest BCUT2D eigenvalue weighted by molar-refractivity contribution is 9.10. The summed E-state index contributed by atoms with van der Waals surface area (Å²) >= 11 is 3.41. The molecule has 0 bridgehead atoms. The van der Waals surface area contributed by atoms with Crippen molar-refractivity contribution in [3.05, 3.63) is 52.3 Å². The van der Waals surface area contributed by atoms with E-state index in [0.717, 1.165) is 25.2 Å². The Morgan fingerprint density at radius 1 is 1.03 bits per heavy atom. The molecule has 1 aliphatic rings. The van der Waals surface area contributed by atoms with E-state index in [2.05, 4.69) is 20.8 Å². The smallest absolute Gasteiger partial charge is 0.260 e. The number of halogens is 2. The second-order valence-electron chi connectivity index (χ2n) is 6.71. The van der Waals surface area contributed by atoms with Crippen molar-refractivity contribution in [2.75, 3.05) is 47.0 Å². The van der Waals surface area contributed by atoms with Crippen LogP contribution in [0.4, 0.5) is 4.39 Å². The largest absolute Gasteiger partial charge is 0.495 e. The molecule has 0 aromatic heterocycles. The Balaban J connectivity index is 1.49. The molecule has 0 unspecified atom stereocenters. The van der Waals surface area contributed by atoms with Gasteiger partial charge in [0.05, 0.1) is 14.2 Å². The van der Waals surface area contributed by atoms with Crippen LogP contribution in [0.25, 0.3) is 0 Å². The summed E-state index contributed by atoms with van der Waals surface area (Å²) in [5.41, 5.74) is 1.06. The number of piperazine rings is 1. The normalized spacial score (nSPS) is 14.6. The summed E-state index contributed by atoms with van der Waals surface area (Å²) in [6.07, 6.45) is 0. The quantitative estimate of drug-likeness (QED) is 0.626. The third kappa shape index (κ3) is 5.61. The first-order valence-corrected chi connectivity index (χ1v) is 10.1. The van der Waals surface area contributed by atoms with Crippen molar-refractivity contribution in [1.82, 2.24) is 9.80 Å². The summed E-state index contributed by atoms with van der Waals surface area (Å²) in [6.45, 7) is 3.50. The van der Waals surface area contributed by atoms with E-state index in [1.807, 2.05) is 0 Å². The van der Waals surface area contributed by atoms with E-state index >= 15 is 0 Å². The van der Waals surface area contributed by atoms with Gasteiger partial charge in [-0.25, -0.2) is 4.39 Å².